The molecule has 0 aliphatic carbocycles. The van der Waals surface area contributed by atoms with Crippen molar-refractivity contribution in [2.45, 2.75) is 20.8 Å². The fourth-order valence-electron chi connectivity index (χ4n) is 3.52. The molecule has 0 radical (unpaired) electrons. The fraction of sp³-hybridized carbons (Fsp3) is 0.308. The van der Waals surface area contributed by atoms with Crippen LogP contribution in [0.15, 0.2) is 58.5 Å². The standard InChI is InChI=1S/C26H29N3O3/c1-4-29(5-2)23-10-9-19-15-21(8-7-20(19)16-23)25-12-11-24(32-25)17-22(18-27)26(30)28-13-14-31-6-3/h7-12,15-17H,4-6,13-14H2,1-3H3,(H,28,30)/b22-17+. The largest absolute Gasteiger partial charge is 0.457 e. The molecule has 1 N–H and O–H groups in total. The van der Waals surface area contributed by atoms with Crippen molar-refractivity contribution < 1.29 is 13.9 Å². The first-order chi connectivity index (χ1) is 15.6. The molecule has 1 heterocycles. The zero-order valence-electron chi connectivity index (χ0n) is 18.9. The summed E-state index contributed by atoms with van der Waals surface area (Å²) in [5.74, 6) is 0.688. The van der Waals surface area contributed by atoms with Gasteiger partial charge >= 0.3 is 0 Å². The average Bonchev–Trinajstić information content (AvgIpc) is 3.29. The summed E-state index contributed by atoms with van der Waals surface area (Å²) in [6.45, 7) is 9.47. The van der Waals surface area contributed by atoms with Crippen LogP contribution in [0.25, 0.3) is 28.2 Å². The van der Waals surface area contributed by atoms with Gasteiger partial charge in [0, 0.05) is 43.6 Å². The van der Waals surface area contributed by atoms with Gasteiger partial charge in [-0.15, -0.1) is 0 Å². The average molecular weight is 432 g/mol. The summed E-state index contributed by atoms with van der Waals surface area (Å²) in [5.41, 5.74) is 2.14. The highest BCUT2D eigenvalue weighted by Crippen LogP contribution is 2.29. The second-order valence-corrected chi connectivity index (χ2v) is 7.24. The van der Waals surface area contributed by atoms with Gasteiger partial charge in [0.05, 0.1) is 6.61 Å². The number of ether oxygens (including phenoxy) is 1. The lowest BCUT2D eigenvalue weighted by Gasteiger charge is -2.21. The number of benzene rings is 2. The predicted molar refractivity (Wildman–Crippen MR) is 128 cm³/mol. The minimum atomic E-state index is -0.445. The third kappa shape index (κ3) is 5.57. The Bertz CT molecular complexity index is 1140. The van der Waals surface area contributed by atoms with E-state index in [2.05, 4.69) is 54.4 Å². The molecule has 3 rings (SSSR count). The lowest BCUT2D eigenvalue weighted by Crippen LogP contribution is -2.28. The number of carbonyl (C=O) groups excluding carboxylic acids is 1. The molecule has 0 spiro atoms. The summed E-state index contributed by atoms with van der Waals surface area (Å²) in [6, 6.07) is 18.2. The van der Waals surface area contributed by atoms with Gasteiger partial charge in [-0.1, -0.05) is 18.2 Å². The molecular formula is C26H29N3O3. The van der Waals surface area contributed by atoms with E-state index in [1.807, 2.05) is 25.1 Å². The lowest BCUT2D eigenvalue weighted by atomic mass is 10.0. The molecule has 2 aromatic carbocycles. The molecule has 0 atom stereocenters. The summed E-state index contributed by atoms with van der Waals surface area (Å²) in [7, 11) is 0. The van der Waals surface area contributed by atoms with E-state index in [0.29, 0.717) is 31.3 Å². The monoisotopic (exact) mass is 431 g/mol. The van der Waals surface area contributed by atoms with Crippen molar-refractivity contribution in [3.8, 4) is 17.4 Å². The maximum absolute atomic E-state index is 12.2. The Kier molecular flexibility index (Phi) is 8.07. The van der Waals surface area contributed by atoms with Gasteiger partial charge in [0.2, 0.25) is 0 Å². The molecule has 0 saturated heterocycles. The molecule has 1 aromatic heterocycles. The molecule has 3 aromatic rings. The van der Waals surface area contributed by atoms with Crippen LogP contribution in [0.1, 0.15) is 26.5 Å². The van der Waals surface area contributed by atoms with Gasteiger partial charge in [0.25, 0.3) is 5.91 Å². The molecular weight excluding hydrogens is 402 g/mol. The summed E-state index contributed by atoms with van der Waals surface area (Å²) in [6.07, 6.45) is 1.46. The van der Waals surface area contributed by atoms with Crippen molar-refractivity contribution in [3.05, 3.63) is 59.9 Å². The number of nitrogens with zero attached hydrogens (tertiary/aromatic N) is 2. The van der Waals surface area contributed by atoms with Gasteiger partial charge in [0.1, 0.15) is 23.2 Å². The van der Waals surface area contributed by atoms with Gasteiger partial charge in [0.15, 0.2) is 0 Å². The van der Waals surface area contributed by atoms with Crippen LogP contribution in [-0.2, 0) is 9.53 Å². The molecule has 32 heavy (non-hydrogen) atoms. The highest BCUT2D eigenvalue weighted by molar-refractivity contribution is 6.01. The van der Waals surface area contributed by atoms with Crippen molar-refractivity contribution >= 4 is 28.4 Å². The van der Waals surface area contributed by atoms with E-state index < -0.39 is 5.91 Å². The Morgan fingerprint density at radius 2 is 1.84 bits per heavy atom. The summed E-state index contributed by atoms with van der Waals surface area (Å²) >= 11 is 0. The maximum Gasteiger partial charge on any atom is 0.262 e. The Morgan fingerprint density at radius 1 is 1.09 bits per heavy atom. The predicted octanol–water partition coefficient (Wildman–Crippen LogP) is 5.01. The molecule has 6 heteroatoms. The number of hydrogen-bond acceptors (Lipinski definition) is 5. The fourth-order valence-corrected chi connectivity index (χ4v) is 3.52. The van der Waals surface area contributed by atoms with E-state index in [-0.39, 0.29) is 5.57 Å². The third-order valence-electron chi connectivity index (χ3n) is 5.25. The number of amides is 1. The van der Waals surface area contributed by atoms with Gasteiger partial charge < -0.3 is 19.4 Å². The van der Waals surface area contributed by atoms with Crippen LogP contribution in [0.5, 0.6) is 0 Å². The zero-order chi connectivity index (χ0) is 22.9. The van der Waals surface area contributed by atoms with Gasteiger partial charge in [-0.05, 0) is 61.9 Å². The van der Waals surface area contributed by atoms with Crippen molar-refractivity contribution in [3.63, 3.8) is 0 Å². The van der Waals surface area contributed by atoms with E-state index in [4.69, 9.17) is 9.15 Å². The highest BCUT2D eigenvalue weighted by Gasteiger charge is 2.11. The van der Waals surface area contributed by atoms with E-state index in [1.54, 1.807) is 6.07 Å². The number of rotatable bonds is 10. The Balaban J connectivity index is 1.78. The molecule has 1 amide bonds. The smallest absolute Gasteiger partial charge is 0.262 e. The molecule has 0 fully saturated rings. The zero-order valence-corrected chi connectivity index (χ0v) is 18.9. The normalized spacial score (nSPS) is 11.4. The van der Waals surface area contributed by atoms with Crippen LogP contribution in [0.3, 0.4) is 0 Å². The maximum atomic E-state index is 12.2. The van der Waals surface area contributed by atoms with Crippen LogP contribution in [0.2, 0.25) is 0 Å². The van der Waals surface area contributed by atoms with Crippen LogP contribution in [0, 0.1) is 11.3 Å². The van der Waals surface area contributed by atoms with Crippen molar-refractivity contribution in [2.75, 3.05) is 37.7 Å². The van der Waals surface area contributed by atoms with Gasteiger partial charge in [-0.3, -0.25) is 4.79 Å². The van der Waals surface area contributed by atoms with Crippen molar-refractivity contribution in [1.82, 2.24) is 5.32 Å². The quantitative estimate of drug-likeness (QED) is 0.277. The first-order valence-electron chi connectivity index (χ1n) is 11.0. The number of nitriles is 1. The van der Waals surface area contributed by atoms with Crippen LogP contribution in [0.4, 0.5) is 5.69 Å². The van der Waals surface area contributed by atoms with E-state index in [0.717, 1.165) is 24.0 Å². The van der Waals surface area contributed by atoms with Gasteiger partial charge in [-0.2, -0.15) is 5.26 Å². The van der Waals surface area contributed by atoms with Crippen LogP contribution >= 0.6 is 0 Å². The number of nitrogens with one attached hydrogen (secondary N) is 1. The summed E-state index contributed by atoms with van der Waals surface area (Å²) in [4.78, 5) is 14.5. The first-order valence-corrected chi connectivity index (χ1v) is 11.0. The summed E-state index contributed by atoms with van der Waals surface area (Å²) < 4.78 is 11.1. The summed E-state index contributed by atoms with van der Waals surface area (Å²) in [5, 5.41) is 14.3. The molecule has 0 bridgehead atoms. The van der Waals surface area contributed by atoms with E-state index >= 15 is 0 Å². The van der Waals surface area contributed by atoms with Crippen LogP contribution in [-0.4, -0.2) is 38.8 Å². The topological polar surface area (TPSA) is 78.5 Å². The first kappa shape index (κ1) is 23.1. The Morgan fingerprint density at radius 3 is 2.56 bits per heavy atom. The van der Waals surface area contributed by atoms with E-state index in [1.165, 1.54) is 17.1 Å². The second-order valence-electron chi connectivity index (χ2n) is 7.24. The number of furan rings is 1. The lowest BCUT2D eigenvalue weighted by molar-refractivity contribution is -0.117. The second kappa shape index (κ2) is 11.2. The SMILES string of the molecule is CCOCCNC(=O)/C(C#N)=C/c1ccc(-c2ccc3cc(N(CC)CC)ccc3c2)o1. The molecule has 166 valence electrons. The minimum absolute atomic E-state index is 0.00941. The number of hydrogen-bond donors (Lipinski definition) is 1. The van der Waals surface area contributed by atoms with Crippen molar-refractivity contribution in [1.29, 1.82) is 5.26 Å². The minimum Gasteiger partial charge on any atom is -0.457 e. The molecule has 0 aliphatic rings. The third-order valence-corrected chi connectivity index (χ3v) is 5.25. The Hall–Kier alpha value is -3.56. The van der Waals surface area contributed by atoms with E-state index in [9.17, 15) is 10.1 Å². The Labute approximate surface area is 189 Å². The number of anilines is 1. The molecule has 0 saturated carbocycles. The highest BCUT2D eigenvalue weighted by atomic mass is 16.5. The van der Waals surface area contributed by atoms with Gasteiger partial charge in [-0.25, -0.2) is 0 Å². The molecule has 0 unspecified atom stereocenters. The molecule has 0 aliphatic heterocycles. The number of fused-ring (bicyclic) bond motifs is 1. The van der Waals surface area contributed by atoms with Crippen molar-refractivity contribution in [2.24, 2.45) is 0 Å². The van der Waals surface area contributed by atoms with Crippen LogP contribution < -0.4 is 10.2 Å². The molecule has 6 nitrogen and oxygen atoms in total. The number of carbonyl (C=O) groups is 1.